The Balaban J connectivity index is 1.28. The molecule has 236 valence electrons. The number of aromatic nitrogens is 3. The van der Waals surface area contributed by atoms with Crippen molar-refractivity contribution in [3.8, 4) is 17.4 Å². The van der Waals surface area contributed by atoms with Gasteiger partial charge in [0, 0.05) is 47.6 Å². The van der Waals surface area contributed by atoms with Crippen LogP contribution in [-0.4, -0.2) is 46.3 Å². The first-order valence-corrected chi connectivity index (χ1v) is 14.8. The molecule has 3 heterocycles. The highest BCUT2D eigenvalue weighted by atomic mass is 16.5. The highest BCUT2D eigenvalue weighted by molar-refractivity contribution is 5.95. The van der Waals surface area contributed by atoms with E-state index in [4.69, 9.17) is 25.7 Å². The van der Waals surface area contributed by atoms with Crippen LogP contribution in [0.3, 0.4) is 0 Å². The van der Waals surface area contributed by atoms with Gasteiger partial charge in [-0.05, 0) is 46.5 Å². The summed E-state index contributed by atoms with van der Waals surface area (Å²) in [6.45, 7) is 0.399. The lowest BCUT2D eigenvalue weighted by molar-refractivity contribution is -0.127. The van der Waals surface area contributed by atoms with Gasteiger partial charge in [-0.25, -0.2) is 15.0 Å². The number of nitrogen functional groups attached to an aromatic ring is 2. The van der Waals surface area contributed by atoms with Crippen LogP contribution in [-0.2, 0) is 17.8 Å². The number of anilines is 2. The lowest BCUT2D eigenvalue weighted by Gasteiger charge is -2.31. The Labute approximate surface area is 272 Å². The largest absolute Gasteiger partial charge is 0.493 e. The normalized spacial score (nSPS) is 13.7. The van der Waals surface area contributed by atoms with Gasteiger partial charge in [-0.1, -0.05) is 54.6 Å². The van der Waals surface area contributed by atoms with E-state index in [1.165, 1.54) is 11.1 Å². The molecule has 0 saturated carbocycles. The second-order valence-corrected chi connectivity index (χ2v) is 10.7. The third kappa shape index (κ3) is 6.89. The number of pyridine rings is 1. The SMILES string of the molecule is COc1cc(Cc2cnc(N)nc2N)cc(C=CC(=O)N2N=Cc3ccccc3C2c2ccc(OCc3ccccc3)nc2)c1OC. The number of hydrazone groups is 1. The van der Waals surface area contributed by atoms with Crippen LogP contribution < -0.4 is 25.7 Å². The smallest absolute Gasteiger partial charge is 0.267 e. The van der Waals surface area contributed by atoms with E-state index in [1.54, 1.807) is 45.0 Å². The van der Waals surface area contributed by atoms with Gasteiger partial charge in [-0.2, -0.15) is 10.1 Å². The minimum atomic E-state index is -0.514. The Morgan fingerprint density at radius 3 is 2.47 bits per heavy atom. The Hall–Kier alpha value is -6.23. The maximum atomic E-state index is 13.9. The van der Waals surface area contributed by atoms with Gasteiger partial charge in [0.2, 0.25) is 11.8 Å². The fraction of sp³-hybridized carbons (Fsp3) is 0.139. The summed E-state index contributed by atoms with van der Waals surface area (Å²) in [6.07, 6.45) is 8.56. The molecule has 0 bridgehead atoms. The molecule has 1 amide bonds. The van der Waals surface area contributed by atoms with Gasteiger partial charge >= 0.3 is 0 Å². The molecular weight excluding hydrogens is 594 g/mol. The topological polar surface area (TPSA) is 151 Å². The number of nitrogens with two attached hydrogens (primary N) is 2. The summed E-state index contributed by atoms with van der Waals surface area (Å²) < 4.78 is 17.2. The van der Waals surface area contributed by atoms with Crippen molar-refractivity contribution in [2.24, 2.45) is 5.10 Å². The van der Waals surface area contributed by atoms with Gasteiger partial charge in [0.25, 0.3) is 5.91 Å². The Morgan fingerprint density at radius 1 is 0.915 bits per heavy atom. The van der Waals surface area contributed by atoms with Crippen LogP contribution in [0.5, 0.6) is 17.4 Å². The number of nitrogens with zero attached hydrogens (tertiary/aromatic N) is 5. The van der Waals surface area contributed by atoms with Gasteiger partial charge in [0.1, 0.15) is 18.5 Å². The van der Waals surface area contributed by atoms with Crippen LogP contribution in [0.25, 0.3) is 6.08 Å². The average Bonchev–Trinajstić information content (AvgIpc) is 3.10. The summed E-state index contributed by atoms with van der Waals surface area (Å²) in [7, 11) is 3.10. The van der Waals surface area contributed by atoms with Crippen molar-refractivity contribution in [2.75, 3.05) is 25.7 Å². The highest BCUT2D eigenvalue weighted by Gasteiger charge is 2.30. The van der Waals surface area contributed by atoms with Gasteiger partial charge < -0.3 is 25.7 Å². The zero-order valence-electron chi connectivity index (χ0n) is 25.9. The lowest BCUT2D eigenvalue weighted by Crippen LogP contribution is -2.33. The van der Waals surface area contributed by atoms with Crippen LogP contribution in [0.4, 0.5) is 11.8 Å². The maximum Gasteiger partial charge on any atom is 0.267 e. The van der Waals surface area contributed by atoms with E-state index in [-0.39, 0.29) is 11.9 Å². The molecule has 1 aliphatic rings. The van der Waals surface area contributed by atoms with E-state index in [2.05, 4.69) is 20.1 Å². The van der Waals surface area contributed by atoms with Gasteiger partial charge in [0.05, 0.1) is 20.4 Å². The predicted octanol–water partition coefficient (Wildman–Crippen LogP) is 5.20. The second kappa shape index (κ2) is 13.8. The summed E-state index contributed by atoms with van der Waals surface area (Å²) in [5, 5.41) is 6.01. The first kappa shape index (κ1) is 30.8. The third-order valence-electron chi connectivity index (χ3n) is 7.67. The molecule has 0 fully saturated rings. The quantitative estimate of drug-likeness (QED) is 0.199. The lowest BCUT2D eigenvalue weighted by atomic mass is 9.94. The molecule has 3 aromatic carbocycles. The first-order chi connectivity index (χ1) is 22.9. The molecule has 47 heavy (non-hydrogen) atoms. The summed E-state index contributed by atoms with van der Waals surface area (Å²) in [5.41, 5.74) is 17.6. The minimum Gasteiger partial charge on any atom is -0.493 e. The number of hydrogen-bond donors (Lipinski definition) is 2. The highest BCUT2D eigenvalue weighted by Crippen LogP contribution is 2.36. The van der Waals surface area contributed by atoms with E-state index < -0.39 is 6.04 Å². The fourth-order valence-electron chi connectivity index (χ4n) is 5.38. The number of hydrogen-bond acceptors (Lipinski definition) is 10. The summed E-state index contributed by atoms with van der Waals surface area (Å²) in [5.74, 6) is 1.50. The minimum absolute atomic E-state index is 0.102. The second-order valence-electron chi connectivity index (χ2n) is 10.7. The number of carbonyl (C=O) groups is 1. The number of fused-ring (bicyclic) bond motifs is 1. The predicted molar refractivity (Wildman–Crippen MR) is 180 cm³/mol. The Bertz CT molecular complexity index is 1950. The number of amides is 1. The fourth-order valence-corrected chi connectivity index (χ4v) is 5.38. The molecule has 0 saturated heterocycles. The van der Waals surface area contributed by atoms with E-state index in [0.29, 0.717) is 47.4 Å². The number of methoxy groups -OCH3 is 2. The Kier molecular flexibility index (Phi) is 9.05. The first-order valence-electron chi connectivity index (χ1n) is 14.8. The molecule has 1 atom stereocenters. The van der Waals surface area contributed by atoms with Crippen LogP contribution in [0, 0.1) is 0 Å². The van der Waals surface area contributed by atoms with E-state index >= 15 is 0 Å². The van der Waals surface area contributed by atoms with Crippen LogP contribution >= 0.6 is 0 Å². The number of benzene rings is 3. The Morgan fingerprint density at radius 2 is 1.72 bits per heavy atom. The summed E-state index contributed by atoms with van der Waals surface area (Å²) in [6, 6.07) is 24.6. The van der Waals surface area contributed by atoms with E-state index in [0.717, 1.165) is 27.8 Å². The van der Waals surface area contributed by atoms with Gasteiger partial charge in [-0.15, -0.1) is 0 Å². The molecule has 0 spiro atoms. The molecule has 11 nitrogen and oxygen atoms in total. The van der Waals surface area contributed by atoms with E-state index in [9.17, 15) is 4.79 Å². The zero-order valence-corrected chi connectivity index (χ0v) is 25.9. The van der Waals surface area contributed by atoms with Crippen molar-refractivity contribution in [1.29, 1.82) is 0 Å². The molecule has 6 rings (SSSR count). The van der Waals surface area contributed by atoms with Gasteiger partial charge in [0.15, 0.2) is 11.5 Å². The van der Waals surface area contributed by atoms with Crippen molar-refractivity contribution in [2.45, 2.75) is 19.1 Å². The van der Waals surface area contributed by atoms with Crippen LogP contribution in [0.15, 0.2) is 102 Å². The van der Waals surface area contributed by atoms with Gasteiger partial charge in [-0.3, -0.25) is 4.79 Å². The monoisotopic (exact) mass is 627 g/mol. The van der Waals surface area contributed by atoms with E-state index in [1.807, 2.05) is 72.8 Å². The molecule has 11 heteroatoms. The number of carbonyl (C=O) groups excluding carboxylic acids is 1. The molecule has 1 aliphatic heterocycles. The van der Waals surface area contributed by atoms with Crippen molar-refractivity contribution in [3.05, 3.63) is 136 Å². The molecule has 4 N–H and O–H groups in total. The van der Waals surface area contributed by atoms with Crippen molar-refractivity contribution >= 4 is 30.0 Å². The maximum absolute atomic E-state index is 13.9. The van der Waals surface area contributed by atoms with Crippen LogP contribution in [0.1, 0.15) is 45.0 Å². The van der Waals surface area contributed by atoms with Crippen LogP contribution in [0.2, 0.25) is 0 Å². The molecule has 0 radical (unpaired) electrons. The number of rotatable bonds is 10. The standard InChI is InChI=1S/C36H33N7O4/c1-45-30-18-24(17-28-20-40-36(38)42-35(28)37)16-25(34(30)46-2)13-15-32(44)43-33(29-11-7-6-10-26(29)21-41-43)27-12-14-31(39-19-27)47-22-23-8-4-3-5-9-23/h3-16,18-21,33H,17,22H2,1-2H3,(H4,37,38,40,42). The number of ether oxygens (including phenoxy) is 3. The summed E-state index contributed by atoms with van der Waals surface area (Å²) >= 11 is 0. The molecule has 2 aromatic heterocycles. The molecular formula is C36H33N7O4. The summed E-state index contributed by atoms with van der Waals surface area (Å²) in [4.78, 5) is 26.5. The average molecular weight is 628 g/mol. The molecule has 1 unspecified atom stereocenters. The van der Waals surface area contributed by atoms with Crippen molar-refractivity contribution < 1.29 is 19.0 Å². The van der Waals surface area contributed by atoms with Crippen molar-refractivity contribution in [1.82, 2.24) is 20.0 Å². The molecule has 0 aliphatic carbocycles. The third-order valence-corrected chi connectivity index (χ3v) is 7.67. The van der Waals surface area contributed by atoms with Crippen molar-refractivity contribution in [3.63, 3.8) is 0 Å². The molecule has 5 aromatic rings. The zero-order chi connectivity index (χ0) is 32.8.